The molecule has 2 aromatic carbocycles. The highest BCUT2D eigenvalue weighted by Gasteiger charge is 2.27. The molecule has 162 valence electrons. The van der Waals surface area contributed by atoms with Crippen LogP contribution in [0, 0.1) is 5.92 Å². The number of aryl methyl sites for hydroxylation is 1. The fourth-order valence-corrected chi connectivity index (χ4v) is 5.01. The molecule has 7 heteroatoms. The maximum absolute atomic E-state index is 13.0. The molecule has 0 saturated carbocycles. The second kappa shape index (κ2) is 9.73. The van der Waals surface area contributed by atoms with Gasteiger partial charge in [0.2, 0.25) is 10.0 Å². The van der Waals surface area contributed by atoms with Gasteiger partial charge in [0, 0.05) is 18.7 Å². The first-order valence-electron chi connectivity index (χ1n) is 10.4. The SMILES string of the molecule is CCc1ccc([C@H](NC(=O)c2cccc(S(=O)(=O)N3CCOCC3)c2)C(C)C)cc1. The van der Waals surface area contributed by atoms with Gasteiger partial charge in [-0.05, 0) is 41.7 Å². The van der Waals surface area contributed by atoms with E-state index in [9.17, 15) is 13.2 Å². The van der Waals surface area contributed by atoms with Crippen molar-refractivity contribution >= 4 is 15.9 Å². The van der Waals surface area contributed by atoms with Crippen LogP contribution in [0.2, 0.25) is 0 Å². The Hall–Kier alpha value is -2.22. The lowest BCUT2D eigenvalue weighted by molar-refractivity contribution is 0.0730. The molecule has 1 amide bonds. The van der Waals surface area contributed by atoms with Crippen molar-refractivity contribution in [3.05, 3.63) is 65.2 Å². The summed E-state index contributed by atoms with van der Waals surface area (Å²) in [7, 11) is -3.65. The normalized spacial score (nSPS) is 16.4. The maximum Gasteiger partial charge on any atom is 0.251 e. The number of carbonyl (C=O) groups excluding carboxylic acids is 1. The van der Waals surface area contributed by atoms with Gasteiger partial charge in [-0.3, -0.25) is 4.79 Å². The summed E-state index contributed by atoms with van der Waals surface area (Å²) in [4.78, 5) is 13.1. The molecular weight excluding hydrogens is 400 g/mol. The fourth-order valence-electron chi connectivity index (χ4n) is 3.55. The first-order chi connectivity index (χ1) is 14.3. The summed E-state index contributed by atoms with van der Waals surface area (Å²) >= 11 is 0. The van der Waals surface area contributed by atoms with E-state index in [0.717, 1.165) is 12.0 Å². The molecule has 1 saturated heterocycles. The molecule has 1 N–H and O–H groups in total. The highest BCUT2D eigenvalue weighted by atomic mass is 32.2. The zero-order valence-electron chi connectivity index (χ0n) is 17.8. The summed E-state index contributed by atoms with van der Waals surface area (Å²) in [6.45, 7) is 7.62. The molecule has 2 aromatic rings. The summed E-state index contributed by atoms with van der Waals surface area (Å²) in [5, 5.41) is 3.08. The maximum atomic E-state index is 13.0. The molecule has 0 radical (unpaired) electrons. The number of benzene rings is 2. The number of nitrogens with zero attached hydrogens (tertiary/aromatic N) is 1. The lowest BCUT2D eigenvalue weighted by atomic mass is 9.94. The van der Waals surface area contributed by atoms with Crippen molar-refractivity contribution in [1.82, 2.24) is 9.62 Å². The monoisotopic (exact) mass is 430 g/mol. The molecule has 6 nitrogen and oxygen atoms in total. The largest absolute Gasteiger partial charge is 0.379 e. The zero-order chi connectivity index (χ0) is 21.7. The predicted octanol–water partition coefficient (Wildman–Crippen LogP) is 3.40. The van der Waals surface area contributed by atoms with Crippen LogP contribution in [0.15, 0.2) is 53.4 Å². The Kier molecular flexibility index (Phi) is 7.28. The summed E-state index contributed by atoms with van der Waals surface area (Å²) in [5.74, 6) is -0.103. The lowest BCUT2D eigenvalue weighted by Gasteiger charge is -2.26. The average molecular weight is 431 g/mol. The Balaban J connectivity index is 1.81. The number of rotatable bonds is 7. The smallest absolute Gasteiger partial charge is 0.251 e. The molecule has 1 heterocycles. The van der Waals surface area contributed by atoms with Crippen LogP contribution in [0.25, 0.3) is 0 Å². The van der Waals surface area contributed by atoms with Crippen LogP contribution in [0.4, 0.5) is 0 Å². The van der Waals surface area contributed by atoms with Crippen molar-refractivity contribution in [3.8, 4) is 0 Å². The topological polar surface area (TPSA) is 75.7 Å². The van der Waals surface area contributed by atoms with Crippen LogP contribution in [-0.2, 0) is 21.2 Å². The summed E-state index contributed by atoms with van der Waals surface area (Å²) in [6, 6.07) is 14.3. The van der Waals surface area contributed by atoms with Gasteiger partial charge < -0.3 is 10.1 Å². The molecule has 1 aliphatic rings. The van der Waals surface area contributed by atoms with E-state index in [1.165, 1.54) is 22.0 Å². The number of amides is 1. The fraction of sp³-hybridized carbons (Fsp3) is 0.435. The van der Waals surface area contributed by atoms with E-state index >= 15 is 0 Å². The van der Waals surface area contributed by atoms with Crippen LogP contribution in [0.5, 0.6) is 0 Å². The molecule has 0 unspecified atom stereocenters. The van der Waals surface area contributed by atoms with E-state index in [2.05, 4.69) is 38.2 Å². The van der Waals surface area contributed by atoms with Gasteiger partial charge in [0.05, 0.1) is 24.2 Å². The molecule has 1 atom stereocenters. The number of carbonyl (C=O) groups is 1. The van der Waals surface area contributed by atoms with Gasteiger partial charge in [-0.1, -0.05) is 51.1 Å². The van der Waals surface area contributed by atoms with Crippen LogP contribution in [0.1, 0.15) is 48.3 Å². The molecule has 1 fully saturated rings. The minimum absolute atomic E-state index is 0.130. The van der Waals surface area contributed by atoms with Crippen LogP contribution in [0.3, 0.4) is 0 Å². The first-order valence-corrected chi connectivity index (χ1v) is 11.8. The molecule has 0 bridgehead atoms. The number of morpholine rings is 1. The third-order valence-electron chi connectivity index (χ3n) is 5.40. The molecule has 3 rings (SSSR count). The third kappa shape index (κ3) is 5.09. The van der Waals surface area contributed by atoms with Gasteiger partial charge in [-0.2, -0.15) is 4.31 Å². The predicted molar refractivity (Wildman–Crippen MR) is 117 cm³/mol. The second-order valence-corrected chi connectivity index (χ2v) is 9.77. The van der Waals surface area contributed by atoms with Crippen molar-refractivity contribution in [2.45, 2.75) is 38.1 Å². The number of nitrogens with one attached hydrogen (secondary N) is 1. The van der Waals surface area contributed by atoms with Crippen LogP contribution in [-0.4, -0.2) is 44.9 Å². The molecular formula is C23H30N2O4S. The van der Waals surface area contributed by atoms with Gasteiger partial charge in [0.25, 0.3) is 5.91 Å². The number of hydrogen-bond acceptors (Lipinski definition) is 4. The molecule has 0 aliphatic carbocycles. The minimum Gasteiger partial charge on any atom is -0.379 e. The Morgan fingerprint density at radius 3 is 2.37 bits per heavy atom. The van der Waals surface area contributed by atoms with E-state index in [1.54, 1.807) is 12.1 Å². The Bertz CT molecular complexity index is 965. The van der Waals surface area contributed by atoms with E-state index in [1.807, 2.05) is 12.1 Å². The third-order valence-corrected chi connectivity index (χ3v) is 7.30. The highest BCUT2D eigenvalue weighted by molar-refractivity contribution is 7.89. The van der Waals surface area contributed by atoms with Crippen molar-refractivity contribution in [3.63, 3.8) is 0 Å². The van der Waals surface area contributed by atoms with Gasteiger partial charge in [0.1, 0.15) is 0 Å². The van der Waals surface area contributed by atoms with E-state index < -0.39 is 10.0 Å². The Labute approximate surface area is 179 Å². The number of sulfonamides is 1. The van der Waals surface area contributed by atoms with Crippen LogP contribution < -0.4 is 5.32 Å². The summed E-state index contributed by atoms with van der Waals surface area (Å²) < 4.78 is 32.5. The van der Waals surface area contributed by atoms with Crippen molar-refractivity contribution in [2.24, 2.45) is 5.92 Å². The summed E-state index contributed by atoms with van der Waals surface area (Å²) in [6.07, 6.45) is 0.962. The molecule has 0 aromatic heterocycles. The van der Waals surface area contributed by atoms with E-state index in [4.69, 9.17) is 4.74 Å². The minimum atomic E-state index is -3.65. The van der Waals surface area contributed by atoms with Crippen molar-refractivity contribution < 1.29 is 17.9 Å². The average Bonchev–Trinajstić information content (AvgIpc) is 2.78. The van der Waals surface area contributed by atoms with E-state index in [-0.39, 0.29) is 22.8 Å². The van der Waals surface area contributed by atoms with Gasteiger partial charge in [-0.25, -0.2) is 8.42 Å². The first kappa shape index (κ1) is 22.5. The van der Waals surface area contributed by atoms with Crippen molar-refractivity contribution in [2.75, 3.05) is 26.3 Å². The number of ether oxygens (including phenoxy) is 1. The van der Waals surface area contributed by atoms with Gasteiger partial charge in [0.15, 0.2) is 0 Å². The van der Waals surface area contributed by atoms with Crippen molar-refractivity contribution in [1.29, 1.82) is 0 Å². The standard InChI is InChI=1S/C23H30N2O4S/c1-4-18-8-10-19(11-9-18)22(17(2)3)24-23(26)20-6-5-7-21(16-20)30(27,28)25-12-14-29-15-13-25/h5-11,16-17,22H,4,12-15H2,1-3H3,(H,24,26)/t22-/m1/s1. The molecule has 0 spiro atoms. The zero-order valence-corrected chi connectivity index (χ0v) is 18.6. The summed E-state index contributed by atoms with van der Waals surface area (Å²) in [5.41, 5.74) is 2.61. The molecule has 30 heavy (non-hydrogen) atoms. The van der Waals surface area contributed by atoms with E-state index in [0.29, 0.717) is 31.9 Å². The van der Waals surface area contributed by atoms with Crippen LogP contribution >= 0.6 is 0 Å². The van der Waals surface area contributed by atoms with Gasteiger partial charge >= 0.3 is 0 Å². The quantitative estimate of drug-likeness (QED) is 0.731. The second-order valence-electron chi connectivity index (χ2n) is 7.83. The Morgan fingerprint density at radius 1 is 1.10 bits per heavy atom. The van der Waals surface area contributed by atoms with Gasteiger partial charge in [-0.15, -0.1) is 0 Å². The lowest BCUT2D eigenvalue weighted by Crippen LogP contribution is -2.40. The number of hydrogen-bond donors (Lipinski definition) is 1. The highest BCUT2D eigenvalue weighted by Crippen LogP contribution is 2.24. The molecule has 1 aliphatic heterocycles. The Morgan fingerprint density at radius 2 is 1.77 bits per heavy atom.